The van der Waals surface area contributed by atoms with Gasteiger partial charge in [-0.05, 0) is 56.3 Å². The minimum Gasteiger partial charge on any atom is -0.416 e. The average Bonchev–Trinajstić information content (AvgIpc) is 2.51. The first-order chi connectivity index (χ1) is 11.8. The number of nitrogens with zero attached hydrogens (tertiary/aromatic N) is 1. The predicted molar refractivity (Wildman–Crippen MR) is 118 cm³/mol. The first-order valence-electron chi connectivity index (χ1n) is 9.19. The van der Waals surface area contributed by atoms with Crippen LogP contribution in [0.15, 0.2) is 23.2 Å². The molecule has 1 aromatic rings. The van der Waals surface area contributed by atoms with Gasteiger partial charge in [-0.1, -0.05) is 27.7 Å². The lowest BCUT2D eigenvalue weighted by Gasteiger charge is -2.38. The van der Waals surface area contributed by atoms with Gasteiger partial charge in [-0.3, -0.25) is 10.1 Å². The predicted octanol–water partition coefficient (Wildman–Crippen LogP) is 5.09. The second kappa shape index (κ2) is 9.32. The molecule has 26 heavy (non-hydrogen) atoms. The van der Waals surface area contributed by atoms with Gasteiger partial charge in [0.2, 0.25) is 0 Å². The summed E-state index contributed by atoms with van der Waals surface area (Å²) in [4.78, 5) is 5.85. The Kier molecular flexibility index (Phi) is 8.54. The summed E-state index contributed by atoms with van der Waals surface area (Å²) in [5, 5.41) is 5.88. The molecule has 0 radical (unpaired) electrons. The Hall–Kier alpha value is -0.213. The van der Waals surface area contributed by atoms with Crippen molar-refractivity contribution in [3.63, 3.8) is 0 Å². The van der Waals surface area contributed by atoms with Gasteiger partial charge in [-0.2, -0.15) is 0 Å². The van der Waals surface area contributed by atoms with Crippen LogP contribution in [-0.2, 0) is 15.4 Å². The van der Waals surface area contributed by atoms with Crippen LogP contribution in [0.25, 0.3) is 0 Å². The van der Waals surface area contributed by atoms with Crippen molar-refractivity contribution in [2.45, 2.75) is 81.7 Å². The molecular weight excluding hydrogens is 380 g/mol. The van der Waals surface area contributed by atoms with Crippen LogP contribution in [0.4, 0.5) is 0 Å². The van der Waals surface area contributed by atoms with Gasteiger partial charge in [0.25, 0.3) is 0 Å². The Morgan fingerprint density at radius 2 is 1.88 bits per heavy atom. The normalized spacial score (nSPS) is 15.7. The van der Waals surface area contributed by atoms with Crippen molar-refractivity contribution in [2.24, 2.45) is 5.14 Å². The number of aromatic nitrogens is 1. The van der Waals surface area contributed by atoms with Gasteiger partial charge in [0, 0.05) is 29.3 Å². The van der Waals surface area contributed by atoms with E-state index in [1.54, 1.807) is 11.8 Å². The van der Waals surface area contributed by atoms with Crippen LogP contribution in [-0.4, -0.2) is 34.6 Å². The largest absolute Gasteiger partial charge is 0.416 e. The van der Waals surface area contributed by atoms with Gasteiger partial charge >= 0.3 is 0 Å². The number of hydrogen-bond acceptors (Lipinski definition) is 4. The summed E-state index contributed by atoms with van der Waals surface area (Å²) in [5.74, 6) is 1.10. The van der Waals surface area contributed by atoms with E-state index < -0.39 is 24.1 Å². The highest BCUT2D eigenvalue weighted by molar-refractivity contribution is 7.99. The zero-order chi connectivity index (χ0) is 20.2. The number of hydrogen-bond donors (Lipinski definition) is 1. The summed E-state index contributed by atoms with van der Waals surface area (Å²) >= 11 is 1.78. The lowest BCUT2D eigenvalue weighted by molar-refractivity contribution is 0.248. The Balaban J connectivity index is 3.04. The molecule has 1 unspecified atom stereocenters. The van der Waals surface area contributed by atoms with E-state index in [9.17, 15) is 4.21 Å². The fourth-order valence-electron chi connectivity index (χ4n) is 2.34. The second-order valence-electron chi connectivity index (χ2n) is 8.88. The highest BCUT2D eigenvalue weighted by Crippen LogP contribution is 2.38. The average molecular weight is 417 g/mol. The van der Waals surface area contributed by atoms with Crippen molar-refractivity contribution in [2.75, 3.05) is 12.4 Å². The molecule has 1 aromatic heterocycles. The second-order valence-corrected chi connectivity index (χ2v) is 16.7. The molecule has 2 atom stereocenters. The van der Waals surface area contributed by atoms with Crippen molar-refractivity contribution >= 4 is 31.1 Å². The summed E-state index contributed by atoms with van der Waals surface area (Å²) in [6.45, 7) is 17.8. The maximum Gasteiger partial charge on any atom is 0.192 e. The fourth-order valence-corrected chi connectivity index (χ4v) is 4.38. The van der Waals surface area contributed by atoms with Crippen LogP contribution in [0.3, 0.4) is 0 Å². The smallest absolute Gasteiger partial charge is 0.192 e. The van der Waals surface area contributed by atoms with Crippen molar-refractivity contribution in [3.8, 4) is 0 Å². The van der Waals surface area contributed by atoms with E-state index in [4.69, 9.17) is 9.56 Å². The number of thioether (sulfide) groups is 1. The van der Waals surface area contributed by atoms with Gasteiger partial charge in [-0.15, -0.1) is 11.8 Å². The summed E-state index contributed by atoms with van der Waals surface area (Å²) in [6.07, 6.45) is 2.60. The minimum atomic E-state index is -1.87. The summed E-state index contributed by atoms with van der Waals surface area (Å²) in [6, 6.07) is 4.19. The van der Waals surface area contributed by atoms with Crippen molar-refractivity contribution in [3.05, 3.63) is 24.0 Å². The molecule has 0 bridgehead atoms. The zero-order valence-electron chi connectivity index (χ0n) is 17.6. The summed E-state index contributed by atoms with van der Waals surface area (Å²) in [7, 11) is -3.26. The molecular formula is C19H36N2O2S2Si. The Morgan fingerprint density at radius 3 is 2.31 bits per heavy atom. The van der Waals surface area contributed by atoms with Gasteiger partial charge < -0.3 is 4.43 Å². The van der Waals surface area contributed by atoms with Gasteiger partial charge in [0.1, 0.15) is 0 Å². The highest BCUT2D eigenvalue weighted by atomic mass is 32.2. The molecule has 2 N–H and O–H groups in total. The summed E-state index contributed by atoms with van der Waals surface area (Å²) in [5.41, 5.74) is 0.989. The van der Waals surface area contributed by atoms with Gasteiger partial charge in [0.05, 0.1) is 15.7 Å². The van der Waals surface area contributed by atoms with Crippen LogP contribution in [0.1, 0.15) is 59.6 Å². The molecule has 0 aliphatic rings. The molecule has 0 aliphatic heterocycles. The molecule has 7 heteroatoms. The molecule has 0 amide bonds. The molecule has 0 spiro atoms. The van der Waals surface area contributed by atoms with Crippen molar-refractivity contribution < 1.29 is 8.63 Å². The SMILES string of the molecule is CCSc1ccc([C@@H](CO[Si](C)(C)C(C)(C)C)CC(C)(C)S(N)=O)nc1. The highest BCUT2D eigenvalue weighted by Gasteiger charge is 2.38. The number of nitrogens with two attached hydrogens (primary N) is 1. The van der Waals surface area contributed by atoms with E-state index in [1.165, 1.54) is 4.90 Å². The topological polar surface area (TPSA) is 65.2 Å². The van der Waals surface area contributed by atoms with Crippen LogP contribution < -0.4 is 5.14 Å². The Bertz CT molecular complexity index is 599. The van der Waals surface area contributed by atoms with Gasteiger partial charge in [-0.25, -0.2) is 4.21 Å². The lowest BCUT2D eigenvalue weighted by Crippen LogP contribution is -2.42. The molecule has 0 aromatic carbocycles. The van der Waals surface area contributed by atoms with E-state index >= 15 is 0 Å². The lowest BCUT2D eigenvalue weighted by atomic mass is 9.94. The van der Waals surface area contributed by atoms with Crippen LogP contribution >= 0.6 is 11.8 Å². The quantitative estimate of drug-likeness (QED) is 0.450. The van der Waals surface area contributed by atoms with Crippen LogP contribution in [0, 0.1) is 0 Å². The molecule has 0 fully saturated rings. The minimum absolute atomic E-state index is 0.0762. The molecule has 0 aliphatic carbocycles. The molecule has 150 valence electrons. The number of rotatable bonds is 9. The van der Waals surface area contributed by atoms with E-state index in [-0.39, 0.29) is 11.0 Å². The fraction of sp³-hybridized carbons (Fsp3) is 0.737. The van der Waals surface area contributed by atoms with E-state index in [0.717, 1.165) is 11.4 Å². The maximum atomic E-state index is 12.0. The first kappa shape index (κ1) is 23.8. The Morgan fingerprint density at radius 1 is 1.27 bits per heavy atom. The molecule has 4 nitrogen and oxygen atoms in total. The van der Waals surface area contributed by atoms with Crippen molar-refractivity contribution in [1.82, 2.24) is 4.98 Å². The monoisotopic (exact) mass is 416 g/mol. The molecule has 0 saturated carbocycles. The molecule has 1 heterocycles. The third-order valence-corrected chi connectivity index (χ3v) is 11.8. The molecule has 0 saturated heterocycles. The van der Waals surface area contributed by atoms with E-state index in [2.05, 4.69) is 57.9 Å². The van der Waals surface area contributed by atoms with Gasteiger partial charge in [0.15, 0.2) is 8.32 Å². The van der Waals surface area contributed by atoms with Crippen LogP contribution in [0.5, 0.6) is 0 Å². The van der Waals surface area contributed by atoms with Crippen molar-refractivity contribution in [1.29, 1.82) is 0 Å². The molecule has 1 rings (SSSR count). The zero-order valence-corrected chi connectivity index (χ0v) is 20.2. The third-order valence-electron chi connectivity index (χ3n) is 5.22. The van der Waals surface area contributed by atoms with E-state index in [1.807, 2.05) is 20.0 Å². The van der Waals surface area contributed by atoms with Crippen LogP contribution in [0.2, 0.25) is 18.1 Å². The first-order valence-corrected chi connectivity index (χ1v) is 14.3. The maximum absolute atomic E-state index is 12.0. The van der Waals surface area contributed by atoms with E-state index in [0.29, 0.717) is 13.0 Å². The number of pyridine rings is 1. The standard InChI is InChI=1S/C19H36N2O2S2Si/c1-9-24-16-10-11-17(21-13-16)15(12-19(5,6)25(20)22)14-23-26(7,8)18(2,3)4/h10-11,13,15H,9,12,14,20H2,1-8H3/t15-,25?/m1/s1. The third kappa shape index (κ3) is 6.75. The Labute approximate surface area is 167 Å². The summed E-state index contributed by atoms with van der Waals surface area (Å²) < 4.78 is 17.9.